The number of aliphatic hydroxyl groups is 2. The van der Waals surface area contributed by atoms with Crippen LogP contribution in [0.2, 0.25) is 0 Å². The zero-order chi connectivity index (χ0) is 17.8. The molecule has 2 N–H and O–H groups in total. The highest BCUT2D eigenvalue weighted by atomic mass is 19.4. The molecule has 0 saturated carbocycles. The standard InChI is InChI=1S/C16H19F3N2O3/c17-16(18,19)15(23)5-7-21(8-6-15)10-13(22)11-24-14-3-1-12(9-20)2-4-14/h1-4,13,22-23H,5-8,10-11H2. The maximum atomic E-state index is 12.7. The summed E-state index contributed by atoms with van der Waals surface area (Å²) in [5, 5.41) is 28.2. The van der Waals surface area contributed by atoms with Gasteiger partial charge in [0.25, 0.3) is 0 Å². The van der Waals surface area contributed by atoms with Crippen LogP contribution in [0.25, 0.3) is 0 Å². The summed E-state index contributed by atoms with van der Waals surface area (Å²) < 4.78 is 43.5. The van der Waals surface area contributed by atoms with Crippen molar-refractivity contribution in [3.8, 4) is 11.8 Å². The van der Waals surface area contributed by atoms with E-state index in [4.69, 9.17) is 10.00 Å². The van der Waals surface area contributed by atoms with Crippen molar-refractivity contribution in [2.24, 2.45) is 0 Å². The zero-order valence-electron chi connectivity index (χ0n) is 13.0. The van der Waals surface area contributed by atoms with Crippen molar-refractivity contribution in [3.63, 3.8) is 0 Å². The molecular weight excluding hydrogens is 325 g/mol. The first kappa shape index (κ1) is 18.5. The highest BCUT2D eigenvalue weighted by Gasteiger charge is 2.54. The van der Waals surface area contributed by atoms with Crippen LogP contribution in [0.15, 0.2) is 24.3 Å². The Bertz CT molecular complexity index is 576. The minimum absolute atomic E-state index is 0.00800. The highest BCUT2D eigenvalue weighted by Crippen LogP contribution is 2.38. The topological polar surface area (TPSA) is 76.7 Å². The maximum absolute atomic E-state index is 12.7. The van der Waals surface area contributed by atoms with Crippen molar-refractivity contribution >= 4 is 0 Å². The first-order chi connectivity index (χ1) is 11.2. The fourth-order valence-corrected chi connectivity index (χ4v) is 2.56. The second-order valence-electron chi connectivity index (χ2n) is 5.93. The molecule has 8 heteroatoms. The van der Waals surface area contributed by atoms with Gasteiger partial charge < -0.3 is 19.8 Å². The smallest absolute Gasteiger partial charge is 0.417 e. The summed E-state index contributed by atoms with van der Waals surface area (Å²) in [4.78, 5) is 1.67. The van der Waals surface area contributed by atoms with Crippen LogP contribution in [-0.2, 0) is 0 Å². The number of hydrogen-bond acceptors (Lipinski definition) is 5. The Kier molecular flexibility index (Phi) is 5.70. The summed E-state index contributed by atoms with van der Waals surface area (Å²) in [6, 6.07) is 8.37. The van der Waals surface area contributed by atoms with Crippen LogP contribution < -0.4 is 4.74 Å². The molecule has 1 fully saturated rings. The Labute approximate surface area is 137 Å². The lowest BCUT2D eigenvalue weighted by Gasteiger charge is -2.39. The molecule has 0 bridgehead atoms. The quantitative estimate of drug-likeness (QED) is 0.850. The molecule has 1 aliphatic heterocycles. The third-order valence-electron chi connectivity index (χ3n) is 4.11. The average molecular weight is 344 g/mol. The van der Waals surface area contributed by atoms with E-state index >= 15 is 0 Å². The Balaban J connectivity index is 1.75. The predicted molar refractivity (Wildman–Crippen MR) is 79.3 cm³/mol. The fraction of sp³-hybridized carbons (Fsp3) is 0.562. The van der Waals surface area contributed by atoms with Crippen LogP contribution in [0.4, 0.5) is 13.2 Å². The first-order valence-electron chi connectivity index (χ1n) is 7.56. The Hall–Kier alpha value is -1.82. The predicted octanol–water partition coefficient (Wildman–Crippen LogP) is 1.69. The van der Waals surface area contributed by atoms with Crippen molar-refractivity contribution in [2.75, 3.05) is 26.2 Å². The number of ether oxygens (including phenoxy) is 1. The lowest BCUT2D eigenvalue weighted by molar-refractivity contribution is -0.273. The largest absolute Gasteiger partial charge is 0.491 e. The molecule has 0 aliphatic carbocycles. The molecule has 0 aromatic heterocycles. The van der Waals surface area contributed by atoms with Crippen molar-refractivity contribution in [1.29, 1.82) is 5.26 Å². The van der Waals surface area contributed by atoms with E-state index < -0.39 is 30.7 Å². The second-order valence-corrected chi connectivity index (χ2v) is 5.93. The van der Waals surface area contributed by atoms with Crippen LogP contribution in [0.1, 0.15) is 18.4 Å². The van der Waals surface area contributed by atoms with Gasteiger partial charge in [-0.2, -0.15) is 18.4 Å². The number of piperidine rings is 1. The SMILES string of the molecule is N#Cc1ccc(OCC(O)CN2CCC(O)(C(F)(F)F)CC2)cc1. The van der Waals surface area contributed by atoms with Gasteiger partial charge in [0.15, 0.2) is 5.60 Å². The van der Waals surface area contributed by atoms with E-state index in [1.165, 1.54) is 0 Å². The number of alkyl halides is 3. The minimum Gasteiger partial charge on any atom is -0.491 e. The maximum Gasteiger partial charge on any atom is 0.417 e. The van der Waals surface area contributed by atoms with Gasteiger partial charge in [-0.3, -0.25) is 0 Å². The molecule has 1 atom stereocenters. The van der Waals surface area contributed by atoms with Gasteiger partial charge in [-0.05, 0) is 37.1 Å². The lowest BCUT2D eigenvalue weighted by atomic mass is 9.90. The van der Waals surface area contributed by atoms with E-state index in [0.29, 0.717) is 11.3 Å². The summed E-state index contributed by atoms with van der Waals surface area (Å²) in [6.07, 6.45) is -6.30. The average Bonchev–Trinajstić information content (AvgIpc) is 2.54. The molecule has 2 rings (SSSR count). The van der Waals surface area contributed by atoms with Crippen molar-refractivity contribution in [1.82, 2.24) is 4.90 Å². The van der Waals surface area contributed by atoms with Gasteiger partial charge in [-0.15, -0.1) is 0 Å². The fourth-order valence-electron chi connectivity index (χ4n) is 2.56. The number of rotatable bonds is 5. The van der Waals surface area contributed by atoms with E-state index in [2.05, 4.69) is 0 Å². The van der Waals surface area contributed by atoms with Crippen LogP contribution in [-0.4, -0.2) is 59.2 Å². The van der Waals surface area contributed by atoms with E-state index in [9.17, 15) is 23.4 Å². The molecule has 1 saturated heterocycles. The van der Waals surface area contributed by atoms with Crippen LogP contribution in [0.5, 0.6) is 5.75 Å². The zero-order valence-corrected chi connectivity index (χ0v) is 13.0. The number of nitriles is 1. The molecule has 5 nitrogen and oxygen atoms in total. The molecule has 1 unspecified atom stereocenters. The Morgan fingerprint density at radius 3 is 2.33 bits per heavy atom. The van der Waals surface area contributed by atoms with Crippen LogP contribution in [0, 0.1) is 11.3 Å². The van der Waals surface area contributed by atoms with Gasteiger partial charge in [0, 0.05) is 19.6 Å². The van der Waals surface area contributed by atoms with E-state index in [-0.39, 0.29) is 26.2 Å². The van der Waals surface area contributed by atoms with Gasteiger partial charge in [0.1, 0.15) is 18.5 Å². The number of hydrogen-bond donors (Lipinski definition) is 2. The summed E-state index contributed by atoms with van der Waals surface area (Å²) in [5.74, 6) is 0.498. The van der Waals surface area contributed by atoms with Gasteiger partial charge in [-0.1, -0.05) is 0 Å². The molecule has 1 aliphatic rings. The number of nitrogens with zero attached hydrogens (tertiary/aromatic N) is 2. The molecule has 1 aromatic rings. The van der Waals surface area contributed by atoms with E-state index in [1.54, 1.807) is 29.2 Å². The van der Waals surface area contributed by atoms with Gasteiger partial charge in [-0.25, -0.2) is 0 Å². The number of likely N-dealkylation sites (tertiary alicyclic amines) is 1. The molecule has 132 valence electrons. The van der Waals surface area contributed by atoms with Gasteiger partial charge >= 0.3 is 6.18 Å². The summed E-state index contributed by atoms with van der Waals surface area (Å²) in [7, 11) is 0. The monoisotopic (exact) mass is 344 g/mol. The van der Waals surface area contributed by atoms with Gasteiger partial charge in [0.05, 0.1) is 11.6 Å². The Morgan fingerprint density at radius 1 is 1.25 bits per heavy atom. The third kappa shape index (κ3) is 4.60. The highest BCUT2D eigenvalue weighted by molar-refractivity contribution is 5.34. The van der Waals surface area contributed by atoms with Crippen molar-refractivity contribution in [3.05, 3.63) is 29.8 Å². The Morgan fingerprint density at radius 2 is 1.83 bits per heavy atom. The van der Waals surface area contributed by atoms with Crippen molar-refractivity contribution < 1.29 is 28.1 Å². The van der Waals surface area contributed by atoms with E-state index in [0.717, 1.165) is 0 Å². The molecule has 1 heterocycles. The van der Waals surface area contributed by atoms with Gasteiger partial charge in [0.2, 0.25) is 0 Å². The normalized spacial score (nSPS) is 19.5. The second kappa shape index (κ2) is 7.38. The molecule has 0 radical (unpaired) electrons. The number of halogens is 3. The number of benzene rings is 1. The van der Waals surface area contributed by atoms with Crippen LogP contribution in [0.3, 0.4) is 0 Å². The molecule has 0 spiro atoms. The minimum atomic E-state index is -4.63. The number of aliphatic hydroxyl groups excluding tert-OH is 1. The van der Waals surface area contributed by atoms with E-state index in [1.807, 2.05) is 6.07 Å². The first-order valence-corrected chi connectivity index (χ1v) is 7.56. The number of β-amino-alcohol motifs (C(OH)–C–C–N with tert-alkyl or cyclic N) is 1. The molecule has 1 aromatic carbocycles. The third-order valence-corrected chi connectivity index (χ3v) is 4.11. The summed E-state index contributed by atoms with van der Waals surface area (Å²) in [6.45, 7) is 0.282. The molecule has 0 amide bonds. The summed E-state index contributed by atoms with van der Waals surface area (Å²) >= 11 is 0. The lowest BCUT2D eigenvalue weighted by Crippen LogP contribution is -2.54. The van der Waals surface area contributed by atoms with Crippen LogP contribution >= 0.6 is 0 Å². The summed E-state index contributed by atoms with van der Waals surface area (Å²) in [5.41, 5.74) is -2.14. The molecule has 24 heavy (non-hydrogen) atoms. The molecular formula is C16H19F3N2O3. The van der Waals surface area contributed by atoms with Crippen molar-refractivity contribution in [2.45, 2.75) is 30.7 Å².